The average Bonchev–Trinajstić information content (AvgIpc) is 2.90. The Hall–Kier alpha value is -1.95. The second-order valence-corrected chi connectivity index (χ2v) is 6.34. The van der Waals surface area contributed by atoms with Gasteiger partial charge in [0, 0.05) is 49.8 Å². The molecule has 2 aromatic rings. The summed E-state index contributed by atoms with van der Waals surface area (Å²) in [6, 6.07) is 3.24. The van der Waals surface area contributed by atoms with Gasteiger partial charge in [-0.25, -0.2) is 4.68 Å². The summed E-state index contributed by atoms with van der Waals surface area (Å²) in [5.74, 6) is 1.59. The Morgan fingerprint density at radius 2 is 2.14 bits per heavy atom. The molecular formula is C16H20N4O2. The quantitative estimate of drug-likeness (QED) is 0.850. The summed E-state index contributed by atoms with van der Waals surface area (Å²) >= 11 is 0. The van der Waals surface area contributed by atoms with Crippen LogP contribution in [0.5, 0.6) is 0 Å². The number of hydrogen-bond acceptors (Lipinski definition) is 5. The van der Waals surface area contributed by atoms with E-state index in [1.54, 1.807) is 23.0 Å². The van der Waals surface area contributed by atoms with Gasteiger partial charge in [-0.05, 0) is 25.3 Å². The lowest BCUT2D eigenvalue weighted by atomic mass is 9.95. The minimum Gasteiger partial charge on any atom is -0.361 e. The van der Waals surface area contributed by atoms with Gasteiger partial charge in [-0.15, -0.1) is 0 Å². The van der Waals surface area contributed by atoms with Crippen molar-refractivity contribution in [1.29, 1.82) is 0 Å². The summed E-state index contributed by atoms with van der Waals surface area (Å²) in [7, 11) is 0. The van der Waals surface area contributed by atoms with Gasteiger partial charge in [-0.1, -0.05) is 5.16 Å². The normalized spacial score (nSPS) is 18.9. The van der Waals surface area contributed by atoms with Crippen LogP contribution in [0, 0.1) is 5.92 Å². The molecule has 22 heavy (non-hydrogen) atoms. The molecule has 1 aliphatic carbocycles. The van der Waals surface area contributed by atoms with Crippen LogP contribution < -0.4 is 5.56 Å². The summed E-state index contributed by atoms with van der Waals surface area (Å²) < 4.78 is 7.02. The summed E-state index contributed by atoms with van der Waals surface area (Å²) in [4.78, 5) is 14.0. The van der Waals surface area contributed by atoms with Crippen molar-refractivity contribution in [2.75, 3.05) is 13.1 Å². The number of fused-ring (bicyclic) bond motifs is 1. The van der Waals surface area contributed by atoms with Crippen molar-refractivity contribution in [3.05, 3.63) is 45.7 Å². The molecule has 1 saturated heterocycles. The number of aromatic nitrogens is 3. The van der Waals surface area contributed by atoms with Gasteiger partial charge in [0.15, 0.2) is 0 Å². The van der Waals surface area contributed by atoms with Gasteiger partial charge >= 0.3 is 0 Å². The van der Waals surface area contributed by atoms with E-state index in [9.17, 15) is 4.79 Å². The third-order valence-electron chi connectivity index (χ3n) is 4.65. The van der Waals surface area contributed by atoms with Crippen molar-refractivity contribution in [3.63, 3.8) is 0 Å². The molecule has 2 aliphatic rings. The Kier molecular flexibility index (Phi) is 3.54. The van der Waals surface area contributed by atoms with Crippen LogP contribution in [0.25, 0.3) is 0 Å². The predicted octanol–water partition coefficient (Wildman–Crippen LogP) is 1.24. The molecule has 0 atom stereocenters. The maximum atomic E-state index is 11.7. The van der Waals surface area contributed by atoms with E-state index in [1.807, 2.05) is 0 Å². The summed E-state index contributed by atoms with van der Waals surface area (Å²) in [6.07, 6.45) is 6.26. The molecule has 3 heterocycles. The number of hydrogen-bond donors (Lipinski definition) is 0. The number of aryl methyl sites for hydroxylation is 1. The van der Waals surface area contributed by atoms with Crippen LogP contribution in [-0.4, -0.2) is 32.9 Å². The van der Waals surface area contributed by atoms with Crippen molar-refractivity contribution in [2.24, 2.45) is 5.92 Å². The predicted molar refractivity (Wildman–Crippen MR) is 80.4 cm³/mol. The molecule has 0 unspecified atom stereocenters. The molecule has 0 radical (unpaired) electrons. The Morgan fingerprint density at radius 1 is 1.27 bits per heavy atom. The van der Waals surface area contributed by atoms with Crippen molar-refractivity contribution >= 4 is 0 Å². The topological polar surface area (TPSA) is 64.2 Å². The monoisotopic (exact) mass is 300 g/mol. The van der Waals surface area contributed by atoms with E-state index in [-0.39, 0.29) is 5.56 Å². The van der Waals surface area contributed by atoms with Gasteiger partial charge < -0.3 is 4.52 Å². The van der Waals surface area contributed by atoms with Crippen molar-refractivity contribution in [2.45, 2.75) is 38.8 Å². The smallest absolute Gasteiger partial charge is 0.266 e. The average molecular weight is 300 g/mol. The van der Waals surface area contributed by atoms with Crippen molar-refractivity contribution in [1.82, 2.24) is 19.8 Å². The van der Waals surface area contributed by atoms with E-state index in [4.69, 9.17) is 4.52 Å². The van der Waals surface area contributed by atoms with Crippen LogP contribution in [0.4, 0.5) is 0 Å². The lowest BCUT2D eigenvalue weighted by Crippen LogP contribution is -2.49. The van der Waals surface area contributed by atoms with Crippen molar-refractivity contribution in [3.8, 4) is 0 Å². The Balaban J connectivity index is 1.33. The Labute approximate surface area is 128 Å². The highest BCUT2D eigenvalue weighted by Crippen LogP contribution is 2.27. The van der Waals surface area contributed by atoms with Crippen LogP contribution in [0.3, 0.4) is 0 Å². The maximum Gasteiger partial charge on any atom is 0.266 e. The highest BCUT2D eigenvalue weighted by Gasteiger charge is 2.29. The molecule has 0 aromatic carbocycles. The van der Waals surface area contributed by atoms with Gasteiger partial charge in [0.1, 0.15) is 11.5 Å². The lowest BCUT2D eigenvalue weighted by molar-refractivity contribution is 0.0741. The molecule has 116 valence electrons. The second kappa shape index (κ2) is 5.68. The van der Waals surface area contributed by atoms with Crippen molar-refractivity contribution < 1.29 is 4.52 Å². The van der Waals surface area contributed by atoms with E-state index >= 15 is 0 Å². The van der Waals surface area contributed by atoms with E-state index < -0.39 is 0 Å². The standard InChI is InChI=1S/C16H20N4O2/c21-16-6-3-7-17-20(16)10-12-8-19(9-12)11-14-13-4-1-2-5-15(13)22-18-14/h3,6-7,12H,1-2,4-5,8-11H2. The first kappa shape index (κ1) is 13.7. The fraction of sp³-hybridized carbons (Fsp3) is 0.562. The van der Waals surface area contributed by atoms with E-state index in [2.05, 4.69) is 15.2 Å². The van der Waals surface area contributed by atoms with Gasteiger partial charge in [-0.2, -0.15) is 5.10 Å². The zero-order valence-corrected chi connectivity index (χ0v) is 12.6. The molecule has 2 aromatic heterocycles. The van der Waals surface area contributed by atoms with Crippen LogP contribution in [0.1, 0.15) is 29.9 Å². The van der Waals surface area contributed by atoms with Gasteiger partial charge in [0.2, 0.25) is 0 Å². The first-order valence-corrected chi connectivity index (χ1v) is 8.00. The molecule has 1 fully saturated rings. The third-order valence-corrected chi connectivity index (χ3v) is 4.65. The molecule has 4 rings (SSSR count). The Morgan fingerprint density at radius 3 is 3.00 bits per heavy atom. The highest BCUT2D eigenvalue weighted by molar-refractivity contribution is 5.25. The molecule has 0 saturated carbocycles. The molecule has 0 bridgehead atoms. The molecule has 0 amide bonds. The maximum absolute atomic E-state index is 11.7. The minimum absolute atomic E-state index is 0.0217. The fourth-order valence-electron chi connectivity index (χ4n) is 3.48. The van der Waals surface area contributed by atoms with E-state index in [0.717, 1.165) is 43.9 Å². The number of rotatable bonds is 4. The zero-order chi connectivity index (χ0) is 14.9. The molecular weight excluding hydrogens is 280 g/mol. The van der Waals surface area contributed by atoms with Gasteiger partial charge in [0.25, 0.3) is 5.56 Å². The van der Waals surface area contributed by atoms with Gasteiger partial charge in [0.05, 0.1) is 6.54 Å². The fourth-order valence-corrected chi connectivity index (χ4v) is 3.48. The van der Waals surface area contributed by atoms with Crippen LogP contribution in [0.2, 0.25) is 0 Å². The summed E-state index contributed by atoms with van der Waals surface area (Å²) in [5.41, 5.74) is 2.44. The third kappa shape index (κ3) is 2.59. The SMILES string of the molecule is O=c1cccnn1CC1CN(Cc2noc3c2CCCC3)C1. The second-order valence-electron chi connectivity index (χ2n) is 6.34. The van der Waals surface area contributed by atoms with Crippen LogP contribution >= 0.6 is 0 Å². The highest BCUT2D eigenvalue weighted by atomic mass is 16.5. The van der Waals surface area contributed by atoms with Crippen LogP contribution in [-0.2, 0) is 25.9 Å². The number of likely N-dealkylation sites (tertiary alicyclic amines) is 1. The summed E-state index contributed by atoms with van der Waals surface area (Å²) in [6.45, 7) is 3.55. The van der Waals surface area contributed by atoms with Gasteiger partial charge in [-0.3, -0.25) is 9.69 Å². The molecule has 0 spiro atoms. The molecule has 6 nitrogen and oxygen atoms in total. The zero-order valence-electron chi connectivity index (χ0n) is 12.6. The van der Waals surface area contributed by atoms with E-state index in [0.29, 0.717) is 12.5 Å². The Bertz CT molecular complexity index is 715. The van der Waals surface area contributed by atoms with Crippen LogP contribution in [0.15, 0.2) is 27.6 Å². The van der Waals surface area contributed by atoms with E-state index in [1.165, 1.54) is 18.4 Å². The lowest BCUT2D eigenvalue weighted by Gasteiger charge is -2.38. The summed E-state index contributed by atoms with van der Waals surface area (Å²) in [5, 5.41) is 8.38. The largest absolute Gasteiger partial charge is 0.361 e. The molecule has 0 N–H and O–H groups in total. The first-order chi connectivity index (χ1) is 10.8. The first-order valence-electron chi connectivity index (χ1n) is 8.00. The number of nitrogens with zero attached hydrogens (tertiary/aromatic N) is 4. The minimum atomic E-state index is -0.0217. The molecule has 1 aliphatic heterocycles. The molecule has 6 heteroatoms.